The maximum absolute atomic E-state index is 13.3. The molecule has 1 heterocycles. The zero-order valence-corrected chi connectivity index (χ0v) is 19.0. The van der Waals surface area contributed by atoms with Crippen LogP contribution in [0, 0.1) is 0 Å². The molecule has 6 nitrogen and oxygen atoms in total. The van der Waals surface area contributed by atoms with Gasteiger partial charge in [0.15, 0.2) is 22.4 Å². The third-order valence-electron chi connectivity index (χ3n) is 4.98. The van der Waals surface area contributed by atoms with Crippen LogP contribution in [-0.2, 0) is 4.79 Å². The van der Waals surface area contributed by atoms with E-state index in [9.17, 15) is 9.59 Å². The molecule has 0 N–H and O–H groups in total. The lowest BCUT2D eigenvalue weighted by atomic mass is 10.1. The molecule has 0 unspecified atom stereocenters. The van der Waals surface area contributed by atoms with E-state index in [4.69, 9.17) is 9.47 Å². The Morgan fingerprint density at radius 1 is 0.939 bits per heavy atom. The Morgan fingerprint density at radius 3 is 2.27 bits per heavy atom. The van der Waals surface area contributed by atoms with Gasteiger partial charge in [0.25, 0.3) is 5.91 Å². The third kappa shape index (κ3) is 4.99. The minimum absolute atomic E-state index is 0.0268. The standard InChI is InChI=1S/C26H22N2O4S/c1-31-23-14-13-18(16-24(23)32-2)15-21-25(30)28(20-11-7-4-8-12-20)26(27-21)33-17-22(29)19-9-5-3-6-10-19/h3-16H,17H2,1-2H3/b21-15-. The predicted molar refractivity (Wildman–Crippen MR) is 132 cm³/mol. The van der Waals surface area contributed by atoms with Crippen LogP contribution in [0.5, 0.6) is 11.5 Å². The largest absolute Gasteiger partial charge is 0.493 e. The van der Waals surface area contributed by atoms with E-state index in [1.165, 1.54) is 16.7 Å². The van der Waals surface area contributed by atoms with Crippen molar-refractivity contribution in [2.45, 2.75) is 0 Å². The first-order valence-corrected chi connectivity index (χ1v) is 11.2. The summed E-state index contributed by atoms with van der Waals surface area (Å²) < 4.78 is 10.6. The topological polar surface area (TPSA) is 68.2 Å². The van der Waals surface area contributed by atoms with Crippen molar-refractivity contribution in [1.82, 2.24) is 0 Å². The molecular weight excluding hydrogens is 436 g/mol. The number of nitrogens with zero attached hydrogens (tertiary/aromatic N) is 2. The second-order valence-electron chi connectivity index (χ2n) is 7.09. The van der Waals surface area contributed by atoms with E-state index in [1.807, 2.05) is 54.6 Å². The average Bonchev–Trinajstić information content (AvgIpc) is 3.18. The number of hydrogen-bond donors (Lipinski definition) is 0. The summed E-state index contributed by atoms with van der Waals surface area (Å²) in [6.45, 7) is 0. The number of ether oxygens (including phenoxy) is 2. The van der Waals surface area contributed by atoms with E-state index in [0.29, 0.717) is 27.9 Å². The van der Waals surface area contributed by atoms with Gasteiger partial charge in [-0.1, -0.05) is 66.4 Å². The fourth-order valence-electron chi connectivity index (χ4n) is 3.34. The van der Waals surface area contributed by atoms with E-state index in [2.05, 4.69) is 4.99 Å². The number of methoxy groups -OCH3 is 2. The first-order valence-electron chi connectivity index (χ1n) is 10.2. The van der Waals surface area contributed by atoms with Crippen molar-refractivity contribution in [2.75, 3.05) is 24.9 Å². The molecule has 0 bridgehead atoms. The van der Waals surface area contributed by atoms with E-state index in [0.717, 1.165) is 5.56 Å². The van der Waals surface area contributed by atoms with Gasteiger partial charge < -0.3 is 9.47 Å². The summed E-state index contributed by atoms with van der Waals surface area (Å²) in [5.41, 5.74) is 2.35. The highest BCUT2D eigenvalue weighted by Crippen LogP contribution is 2.32. The summed E-state index contributed by atoms with van der Waals surface area (Å²) in [4.78, 5) is 32.0. The van der Waals surface area contributed by atoms with Gasteiger partial charge in [0, 0.05) is 5.56 Å². The summed E-state index contributed by atoms with van der Waals surface area (Å²) in [7, 11) is 3.13. The number of carbonyl (C=O) groups is 2. The molecule has 0 spiro atoms. The summed E-state index contributed by atoms with van der Waals surface area (Å²) in [5, 5.41) is 0.460. The number of amidine groups is 1. The number of ketones is 1. The van der Waals surface area contributed by atoms with Gasteiger partial charge in [-0.25, -0.2) is 4.99 Å². The summed E-state index contributed by atoms with van der Waals surface area (Å²) in [6.07, 6.45) is 1.70. The van der Waals surface area contributed by atoms with E-state index >= 15 is 0 Å². The lowest BCUT2D eigenvalue weighted by molar-refractivity contribution is -0.113. The summed E-state index contributed by atoms with van der Waals surface area (Å²) in [5.74, 6) is 1.04. The Labute approximate surface area is 196 Å². The molecule has 1 aliphatic rings. The molecule has 0 saturated carbocycles. The van der Waals surface area contributed by atoms with Crippen molar-refractivity contribution in [3.05, 3.63) is 95.7 Å². The molecule has 166 valence electrons. The number of amides is 1. The zero-order valence-electron chi connectivity index (χ0n) is 18.2. The number of carbonyl (C=O) groups excluding carboxylic acids is 2. The number of benzene rings is 3. The van der Waals surface area contributed by atoms with Crippen molar-refractivity contribution in [1.29, 1.82) is 0 Å². The maximum atomic E-state index is 13.3. The van der Waals surface area contributed by atoms with Crippen LogP contribution in [0.2, 0.25) is 0 Å². The third-order valence-corrected chi connectivity index (χ3v) is 5.92. The molecule has 1 aliphatic heterocycles. The molecule has 3 aromatic rings. The number of rotatable bonds is 7. The van der Waals surface area contributed by atoms with Crippen LogP contribution in [-0.4, -0.2) is 36.8 Å². The van der Waals surface area contributed by atoms with Gasteiger partial charge in [-0.05, 0) is 35.9 Å². The zero-order chi connectivity index (χ0) is 23.2. The van der Waals surface area contributed by atoms with Gasteiger partial charge >= 0.3 is 0 Å². The molecule has 3 aromatic carbocycles. The van der Waals surface area contributed by atoms with Crippen molar-refractivity contribution >= 4 is 40.4 Å². The monoisotopic (exact) mass is 458 g/mol. The van der Waals surface area contributed by atoms with Crippen LogP contribution < -0.4 is 14.4 Å². The summed E-state index contributed by atoms with van der Waals surface area (Å²) >= 11 is 1.24. The smallest absolute Gasteiger partial charge is 0.283 e. The van der Waals surface area contributed by atoms with Gasteiger partial charge in [0.2, 0.25) is 0 Å². The highest BCUT2D eigenvalue weighted by molar-refractivity contribution is 8.14. The van der Waals surface area contributed by atoms with Gasteiger partial charge in [0.1, 0.15) is 5.70 Å². The normalized spacial score (nSPS) is 14.4. The van der Waals surface area contributed by atoms with Crippen molar-refractivity contribution in [3.8, 4) is 11.5 Å². The van der Waals surface area contributed by atoms with Crippen LogP contribution in [0.15, 0.2) is 89.6 Å². The van der Waals surface area contributed by atoms with Gasteiger partial charge in [-0.2, -0.15) is 0 Å². The number of aliphatic imine (C=N–C) groups is 1. The minimum Gasteiger partial charge on any atom is -0.493 e. The second kappa shape index (κ2) is 10.2. The Bertz CT molecular complexity index is 1220. The van der Waals surface area contributed by atoms with Crippen LogP contribution >= 0.6 is 11.8 Å². The predicted octanol–water partition coefficient (Wildman–Crippen LogP) is 5.06. The molecule has 0 aliphatic carbocycles. The van der Waals surface area contributed by atoms with Crippen LogP contribution in [0.25, 0.3) is 6.08 Å². The van der Waals surface area contributed by atoms with Gasteiger partial charge in [-0.15, -0.1) is 0 Å². The highest BCUT2D eigenvalue weighted by Gasteiger charge is 2.32. The fraction of sp³-hybridized carbons (Fsp3) is 0.115. The van der Waals surface area contributed by atoms with Crippen molar-refractivity contribution in [2.24, 2.45) is 4.99 Å². The fourth-order valence-corrected chi connectivity index (χ4v) is 4.24. The molecule has 0 aromatic heterocycles. The molecule has 1 amide bonds. The van der Waals surface area contributed by atoms with Crippen LogP contribution in [0.3, 0.4) is 0 Å². The maximum Gasteiger partial charge on any atom is 0.283 e. The molecule has 33 heavy (non-hydrogen) atoms. The van der Waals surface area contributed by atoms with Crippen molar-refractivity contribution < 1.29 is 19.1 Å². The Morgan fingerprint density at radius 2 is 1.61 bits per heavy atom. The quantitative estimate of drug-likeness (QED) is 0.366. The van der Waals surface area contributed by atoms with Gasteiger partial charge in [-0.3, -0.25) is 14.5 Å². The van der Waals surface area contributed by atoms with Gasteiger partial charge in [0.05, 0.1) is 25.7 Å². The van der Waals surface area contributed by atoms with E-state index in [1.54, 1.807) is 44.6 Å². The Kier molecular flexibility index (Phi) is 6.90. The highest BCUT2D eigenvalue weighted by atomic mass is 32.2. The van der Waals surface area contributed by atoms with E-state index < -0.39 is 0 Å². The molecule has 4 rings (SSSR count). The lowest BCUT2D eigenvalue weighted by Crippen LogP contribution is -2.30. The molecule has 0 saturated heterocycles. The Hall–Kier alpha value is -3.84. The molecular formula is C26H22N2O4S. The molecule has 0 radical (unpaired) electrons. The number of Topliss-reactive ketones (excluding diaryl/α,β-unsaturated/α-hetero) is 1. The Balaban J connectivity index is 1.64. The number of hydrogen-bond acceptors (Lipinski definition) is 6. The summed E-state index contributed by atoms with van der Waals surface area (Å²) in [6, 6.07) is 23.7. The van der Waals surface area contributed by atoms with Crippen LogP contribution in [0.1, 0.15) is 15.9 Å². The molecule has 0 fully saturated rings. The first-order chi connectivity index (χ1) is 16.1. The number of thioether (sulfide) groups is 1. The molecule has 0 atom stereocenters. The second-order valence-corrected chi connectivity index (χ2v) is 8.03. The average molecular weight is 459 g/mol. The van der Waals surface area contributed by atoms with Crippen molar-refractivity contribution in [3.63, 3.8) is 0 Å². The van der Waals surface area contributed by atoms with E-state index in [-0.39, 0.29) is 23.1 Å². The molecule has 7 heteroatoms. The van der Waals surface area contributed by atoms with Crippen LogP contribution in [0.4, 0.5) is 5.69 Å². The lowest BCUT2D eigenvalue weighted by Gasteiger charge is -2.17. The minimum atomic E-state index is -0.259. The first kappa shape index (κ1) is 22.4. The number of para-hydroxylation sites is 1. The SMILES string of the molecule is COc1ccc(/C=C2\N=C(SCC(=O)c3ccccc3)N(c3ccccc3)C2=O)cc1OC. The number of anilines is 1.